The lowest BCUT2D eigenvalue weighted by atomic mass is 10.2. The molecule has 0 unspecified atom stereocenters. The van der Waals surface area contributed by atoms with E-state index < -0.39 is 0 Å². The van der Waals surface area contributed by atoms with Crippen LogP contribution in [0.25, 0.3) is 21.0 Å². The summed E-state index contributed by atoms with van der Waals surface area (Å²) < 4.78 is 9.89. The summed E-state index contributed by atoms with van der Waals surface area (Å²) in [6, 6.07) is 11.6. The van der Waals surface area contributed by atoms with Crippen molar-refractivity contribution in [2.24, 2.45) is 0 Å². The minimum Gasteiger partial charge on any atom is -0.457 e. The van der Waals surface area contributed by atoms with E-state index in [1.54, 1.807) is 15.9 Å². The lowest BCUT2D eigenvalue weighted by Crippen LogP contribution is -2.33. The zero-order valence-electron chi connectivity index (χ0n) is 16.3. The van der Waals surface area contributed by atoms with Crippen LogP contribution in [0.5, 0.6) is 0 Å². The maximum absolute atomic E-state index is 12.5. The van der Waals surface area contributed by atoms with Gasteiger partial charge in [0.1, 0.15) is 18.1 Å². The first-order valence-corrected chi connectivity index (χ1v) is 10.9. The summed E-state index contributed by atoms with van der Waals surface area (Å²) in [5, 5.41) is 7.95. The normalized spacial score (nSPS) is 13.9. The van der Waals surface area contributed by atoms with Gasteiger partial charge < -0.3 is 9.73 Å². The molecule has 1 aromatic carbocycles. The molecular weight excluding hydrogens is 402 g/mol. The van der Waals surface area contributed by atoms with E-state index in [2.05, 4.69) is 15.4 Å². The summed E-state index contributed by atoms with van der Waals surface area (Å²) in [5.74, 6) is 1.81. The van der Waals surface area contributed by atoms with Crippen LogP contribution in [0, 0.1) is 0 Å². The van der Waals surface area contributed by atoms with Crippen LogP contribution in [0.15, 0.2) is 45.6 Å². The van der Waals surface area contributed by atoms with Gasteiger partial charge >= 0.3 is 5.69 Å². The zero-order valence-corrected chi connectivity index (χ0v) is 17.2. The van der Waals surface area contributed by atoms with Crippen molar-refractivity contribution in [1.29, 1.82) is 0 Å². The second-order valence-electron chi connectivity index (χ2n) is 7.35. The number of furan rings is 1. The van der Waals surface area contributed by atoms with Gasteiger partial charge in [-0.2, -0.15) is 5.10 Å². The van der Waals surface area contributed by atoms with Crippen LogP contribution >= 0.6 is 11.3 Å². The quantitative estimate of drug-likeness (QED) is 0.533. The largest absolute Gasteiger partial charge is 0.457 e. The summed E-state index contributed by atoms with van der Waals surface area (Å²) in [5.41, 5.74) is 0.728. The third kappa shape index (κ3) is 3.68. The van der Waals surface area contributed by atoms with Crippen LogP contribution in [0.4, 0.5) is 0 Å². The molecule has 154 valence electrons. The molecule has 3 aromatic heterocycles. The van der Waals surface area contributed by atoms with Crippen molar-refractivity contribution in [3.8, 4) is 10.8 Å². The molecular formula is C21H21N5O3S. The highest BCUT2D eigenvalue weighted by atomic mass is 32.1. The number of hydrogen-bond donors (Lipinski definition) is 1. The van der Waals surface area contributed by atoms with Gasteiger partial charge in [-0.15, -0.1) is 11.3 Å². The molecule has 4 aromatic rings. The molecule has 4 heterocycles. The molecule has 1 amide bonds. The Morgan fingerprint density at radius 3 is 2.97 bits per heavy atom. The Labute approximate surface area is 176 Å². The number of fused-ring (bicyclic) bond motifs is 2. The summed E-state index contributed by atoms with van der Waals surface area (Å²) in [4.78, 5) is 29.4. The molecule has 5 rings (SSSR count). The molecule has 8 nitrogen and oxygen atoms in total. The van der Waals surface area contributed by atoms with E-state index in [9.17, 15) is 9.59 Å². The number of aryl methyl sites for hydroxylation is 1. The SMILES string of the molecule is O=C(Cn1nc2n(c1=O)CCCCC2)NCc1ccc(-c2nc3ccccc3s2)o1. The van der Waals surface area contributed by atoms with Crippen LogP contribution < -0.4 is 11.0 Å². The molecule has 0 saturated heterocycles. The van der Waals surface area contributed by atoms with Crippen LogP contribution in [0.2, 0.25) is 0 Å². The predicted octanol–water partition coefficient (Wildman–Crippen LogP) is 2.96. The number of hydrogen-bond acceptors (Lipinski definition) is 6. The standard InChI is InChI=1S/C21H21N5O3S/c27-19(13-26-21(28)25-11-5-1-2-8-18(25)24-26)22-12-14-9-10-16(29-14)20-23-15-6-3-4-7-17(15)30-20/h3-4,6-7,9-10H,1-2,5,8,11-13H2,(H,22,27). The molecule has 0 atom stereocenters. The topological polar surface area (TPSA) is 95.0 Å². The fourth-order valence-electron chi connectivity index (χ4n) is 3.67. The Balaban J connectivity index is 1.23. The highest BCUT2D eigenvalue weighted by Gasteiger charge is 2.17. The number of carbonyl (C=O) groups excluding carboxylic acids is 1. The fraction of sp³-hybridized carbons (Fsp3) is 0.333. The number of rotatable bonds is 5. The fourth-order valence-corrected chi connectivity index (χ4v) is 4.60. The van der Waals surface area contributed by atoms with Crippen LogP contribution in [-0.4, -0.2) is 25.2 Å². The first-order valence-electron chi connectivity index (χ1n) is 10.1. The van der Waals surface area contributed by atoms with Crippen molar-refractivity contribution in [1.82, 2.24) is 24.6 Å². The van der Waals surface area contributed by atoms with Crippen LogP contribution in [0.1, 0.15) is 30.8 Å². The lowest BCUT2D eigenvalue weighted by Gasteiger charge is -2.03. The molecule has 1 aliphatic rings. The molecule has 0 aliphatic carbocycles. The second kappa shape index (κ2) is 7.91. The van der Waals surface area contributed by atoms with Crippen molar-refractivity contribution < 1.29 is 9.21 Å². The predicted molar refractivity (Wildman–Crippen MR) is 113 cm³/mol. The van der Waals surface area contributed by atoms with Gasteiger partial charge in [-0.3, -0.25) is 9.36 Å². The van der Waals surface area contributed by atoms with Gasteiger partial charge in [0.25, 0.3) is 0 Å². The molecule has 0 saturated carbocycles. The van der Waals surface area contributed by atoms with Gasteiger partial charge in [-0.25, -0.2) is 14.5 Å². The number of benzene rings is 1. The van der Waals surface area contributed by atoms with E-state index in [-0.39, 0.29) is 24.7 Å². The number of aromatic nitrogens is 4. The monoisotopic (exact) mass is 423 g/mol. The first kappa shape index (κ1) is 18.8. The van der Waals surface area contributed by atoms with Crippen molar-refractivity contribution in [2.75, 3.05) is 0 Å². The number of nitrogens with zero attached hydrogens (tertiary/aromatic N) is 4. The van der Waals surface area contributed by atoms with Crippen LogP contribution in [0.3, 0.4) is 0 Å². The number of amides is 1. The molecule has 9 heteroatoms. The van der Waals surface area contributed by atoms with E-state index in [0.29, 0.717) is 18.1 Å². The van der Waals surface area contributed by atoms with Crippen molar-refractivity contribution in [3.05, 3.63) is 58.5 Å². The minimum atomic E-state index is -0.275. The zero-order chi connectivity index (χ0) is 20.5. The number of thiazole rings is 1. The Bertz CT molecular complexity index is 1230. The molecule has 0 spiro atoms. The number of carbonyl (C=O) groups is 1. The molecule has 1 aliphatic heterocycles. The lowest BCUT2D eigenvalue weighted by molar-refractivity contribution is -0.122. The maximum Gasteiger partial charge on any atom is 0.346 e. The van der Waals surface area contributed by atoms with E-state index in [1.807, 2.05) is 36.4 Å². The summed E-state index contributed by atoms with van der Waals surface area (Å²) in [6.45, 7) is 0.826. The summed E-state index contributed by atoms with van der Waals surface area (Å²) >= 11 is 1.57. The number of nitrogens with one attached hydrogen (secondary N) is 1. The molecule has 0 fully saturated rings. The van der Waals surface area contributed by atoms with E-state index in [0.717, 1.165) is 46.7 Å². The third-order valence-electron chi connectivity index (χ3n) is 5.20. The Morgan fingerprint density at radius 1 is 1.17 bits per heavy atom. The Kier molecular flexibility index (Phi) is 4.96. The summed E-state index contributed by atoms with van der Waals surface area (Å²) in [7, 11) is 0. The van der Waals surface area contributed by atoms with Gasteiger partial charge in [0.15, 0.2) is 10.8 Å². The molecule has 0 bridgehead atoms. The van der Waals surface area contributed by atoms with Crippen molar-refractivity contribution in [2.45, 2.75) is 45.3 Å². The molecule has 1 N–H and O–H groups in total. The first-order chi connectivity index (χ1) is 14.7. The van der Waals surface area contributed by atoms with Gasteiger partial charge in [0.2, 0.25) is 5.91 Å². The average molecular weight is 423 g/mol. The second-order valence-corrected chi connectivity index (χ2v) is 8.38. The third-order valence-corrected chi connectivity index (χ3v) is 6.25. The average Bonchev–Trinajstić information content (AvgIpc) is 3.41. The highest BCUT2D eigenvalue weighted by Crippen LogP contribution is 2.31. The maximum atomic E-state index is 12.5. The van der Waals surface area contributed by atoms with E-state index >= 15 is 0 Å². The van der Waals surface area contributed by atoms with Gasteiger partial charge in [-0.05, 0) is 37.1 Å². The smallest absolute Gasteiger partial charge is 0.346 e. The van der Waals surface area contributed by atoms with Gasteiger partial charge in [0.05, 0.1) is 16.8 Å². The molecule has 0 radical (unpaired) electrons. The Morgan fingerprint density at radius 2 is 2.07 bits per heavy atom. The van der Waals surface area contributed by atoms with Crippen molar-refractivity contribution >= 4 is 27.5 Å². The minimum absolute atomic E-state index is 0.0930. The van der Waals surface area contributed by atoms with Crippen molar-refractivity contribution in [3.63, 3.8) is 0 Å². The van der Waals surface area contributed by atoms with E-state index in [1.165, 1.54) is 4.68 Å². The number of para-hydroxylation sites is 1. The van der Waals surface area contributed by atoms with Crippen LogP contribution in [-0.2, 0) is 30.8 Å². The van der Waals surface area contributed by atoms with E-state index in [4.69, 9.17) is 4.42 Å². The molecule has 30 heavy (non-hydrogen) atoms. The highest BCUT2D eigenvalue weighted by molar-refractivity contribution is 7.21. The van der Waals surface area contributed by atoms with Gasteiger partial charge in [-0.1, -0.05) is 18.6 Å². The van der Waals surface area contributed by atoms with Gasteiger partial charge in [0, 0.05) is 13.0 Å². The summed E-state index contributed by atoms with van der Waals surface area (Å²) in [6.07, 6.45) is 3.88. The Hall–Kier alpha value is -3.20.